The third-order valence-corrected chi connectivity index (χ3v) is 5.27. The van der Waals surface area contributed by atoms with Crippen molar-refractivity contribution in [3.63, 3.8) is 0 Å². The van der Waals surface area contributed by atoms with Crippen LogP contribution in [0.1, 0.15) is 28.4 Å². The summed E-state index contributed by atoms with van der Waals surface area (Å²) in [5, 5.41) is 2.99. The van der Waals surface area contributed by atoms with E-state index in [-0.39, 0.29) is 18.5 Å². The second-order valence-corrected chi connectivity index (χ2v) is 6.93. The van der Waals surface area contributed by atoms with Crippen LogP contribution in [-0.2, 0) is 22.4 Å². The average Bonchev–Trinajstić information content (AvgIpc) is 3.01. The lowest BCUT2D eigenvalue weighted by atomic mass is 9.95. The number of fused-ring (bicyclic) bond motifs is 1. The molecular weight excluding hydrogens is 334 g/mol. The number of carbonyl (C=O) groups excluding carboxylic acids is 2. The highest BCUT2D eigenvalue weighted by Gasteiger charge is 2.46. The number of benzene rings is 2. The molecule has 0 unspecified atom stereocenters. The first-order chi connectivity index (χ1) is 12.1. The number of hydrogen-bond acceptors (Lipinski definition) is 4. The van der Waals surface area contributed by atoms with Crippen LogP contribution in [0.3, 0.4) is 0 Å². The number of rotatable bonds is 5. The first-order valence-electron chi connectivity index (χ1n) is 8.29. The molecule has 0 aromatic heterocycles. The first-order valence-corrected chi connectivity index (χ1v) is 9.51. The summed E-state index contributed by atoms with van der Waals surface area (Å²) in [6, 6.07) is 15.3. The zero-order valence-electron chi connectivity index (χ0n) is 14.4. The fourth-order valence-corrected chi connectivity index (χ4v) is 3.88. The van der Waals surface area contributed by atoms with Crippen LogP contribution >= 0.6 is 11.8 Å². The van der Waals surface area contributed by atoms with Crippen LogP contribution in [0.25, 0.3) is 0 Å². The number of esters is 1. The summed E-state index contributed by atoms with van der Waals surface area (Å²) in [7, 11) is 0. The van der Waals surface area contributed by atoms with Gasteiger partial charge in [0.05, 0.1) is 12.2 Å². The SMILES string of the molecule is CCOC(=O)C1(NC(=O)c2ccccc2SC)Cc2ccccc2C1. The van der Waals surface area contributed by atoms with Crippen molar-refractivity contribution in [1.29, 1.82) is 0 Å². The van der Waals surface area contributed by atoms with Gasteiger partial charge in [0.1, 0.15) is 5.54 Å². The predicted octanol–water partition coefficient (Wildman–Crippen LogP) is 3.24. The fourth-order valence-electron chi connectivity index (χ4n) is 3.29. The van der Waals surface area contributed by atoms with Crippen LogP contribution in [0.2, 0.25) is 0 Å². The molecule has 5 heteroatoms. The van der Waals surface area contributed by atoms with Gasteiger partial charge in [-0.2, -0.15) is 0 Å². The van der Waals surface area contributed by atoms with E-state index in [2.05, 4.69) is 5.32 Å². The van der Waals surface area contributed by atoms with Crippen LogP contribution in [0.4, 0.5) is 0 Å². The molecule has 0 radical (unpaired) electrons. The van der Waals surface area contributed by atoms with E-state index in [1.54, 1.807) is 13.0 Å². The summed E-state index contributed by atoms with van der Waals surface area (Å²) in [6.45, 7) is 2.06. The molecule has 130 valence electrons. The van der Waals surface area contributed by atoms with E-state index in [4.69, 9.17) is 4.74 Å². The molecule has 1 aliphatic carbocycles. The van der Waals surface area contributed by atoms with Gasteiger partial charge in [0.15, 0.2) is 0 Å². The third kappa shape index (κ3) is 3.42. The molecule has 1 aliphatic rings. The van der Waals surface area contributed by atoms with Gasteiger partial charge in [-0.3, -0.25) is 4.79 Å². The lowest BCUT2D eigenvalue weighted by Gasteiger charge is -2.28. The molecule has 4 nitrogen and oxygen atoms in total. The molecule has 1 amide bonds. The van der Waals surface area contributed by atoms with E-state index in [1.807, 2.05) is 48.7 Å². The minimum atomic E-state index is -1.04. The maximum absolute atomic E-state index is 12.9. The number of ether oxygens (including phenoxy) is 1. The minimum Gasteiger partial charge on any atom is -0.464 e. The molecule has 3 rings (SSSR count). The van der Waals surface area contributed by atoms with Crippen molar-refractivity contribution >= 4 is 23.6 Å². The smallest absolute Gasteiger partial charge is 0.332 e. The van der Waals surface area contributed by atoms with Crippen molar-refractivity contribution in [1.82, 2.24) is 5.32 Å². The number of amides is 1. The lowest BCUT2D eigenvalue weighted by Crippen LogP contribution is -2.56. The monoisotopic (exact) mass is 355 g/mol. The molecule has 0 heterocycles. The van der Waals surface area contributed by atoms with Gasteiger partial charge < -0.3 is 10.1 Å². The van der Waals surface area contributed by atoms with Crippen molar-refractivity contribution in [3.8, 4) is 0 Å². The van der Waals surface area contributed by atoms with E-state index in [0.29, 0.717) is 18.4 Å². The Balaban J connectivity index is 1.92. The van der Waals surface area contributed by atoms with Crippen molar-refractivity contribution in [3.05, 3.63) is 65.2 Å². The summed E-state index contributed by atoms with van der Waals surface area (Å²) in [5.74, 6) is -0.619. The summed E-state index contributed by atoms with van der Waals surface area (Å²) in [5.41, 5.74) is 1.69. The average molecular weight is 355 g/mol. The standard InChI is InChI=1S/C20H21NO3S/c1-3-24-19(23)20(12-14-8-4-5-9-15(14)13-20)21-18(22)16-10-6-7-11-17(16)25-2/h4-11H,3,12-13H2,1-2H3,(H,21,22). The first kappa shape index (κ1) is 17.5. The Morgan fingerprint density at radius 3 is 2.28 bits per heavy atom. The number of nitrogens with one attached hydrogen (secondary N) is 1. The van der Waals surface area contributed by atoms with E-state index < -0.39 is 5.54 Å². The molecule has 0 spiro atoms. The molecule has 0 bridgehead atoms. The quantitative estimate of drug-likeness (QED) is 0.661. The molecule has 0 aliphatic heterocycles. The van der Waals surface area contributed by atoms with Crippen LogP contribution in [0.15, 0.2) is 53.4 Å². The molecular formula is C20H21NO3S. The highest BCUT2D eigenvalue weighted by atomic mass is 32.2. The van der Waals surface area contributed by atoms with Gasteiger partial charge in [0.25, 0.3) is 5.91 Å². The topological polar surface area (TPSA) is 55.4 Å². The van der Waals surface area contributed by atoms with E-state index in [9.17, 15) is 9.59 Å². The number of carbonyl (C=O) groups is 2. The highest BCUT2D eigenvalue weighted by Crippen LogP contribution is 2.32. The molecule has 2 aromatic rings. The van der Waals surface area contributed by atoms with Crippen LogP contribution in [0.5, 0.6) is 0 Å². The Morgan fingerprint density at radius 2 is 1.68 bits per heavy atom. The molecule has 0 saturated carbocycles. The van der Waals surface area contributed by atoms with E-state index in [1.165, 1.54) is 11.8 Å². The van der Waals surface area contributed by atoms with Gasteiger partial charge in [0.2, 0.25) is 0 Å². The highest BCUT2D eigenvalue weighted by molar-refractivity contribution is 7.98. The Kier molecular flexibility index (Phi) is 5.13. The Labute approximate surface area is 152 Å². The van der Waals surface area contributed by atoms with Crippen LogP contribution < -0.4 is 5.32 Å². The minimum absolute atomic E-state index is 0.245. The van der Waals surface area contributed by atoms with Crippen molar-refractivity contribution in [2.45, 2.75) is 30.2 Å². The van der Waals surface area contributed by atoms with Crippen molar-refractivity contribution < 1.29 is 14.3 Å². The summed E-state index contributed by atoms with van der Waals surface area (Å²) >= 11 is 1.51. The third-order valence-electron chi connectivity index (χ3n) is 4.47. The van der Waals surface area contributed by atoms with E-state index >= 15 is 0 Å². The van der Waals surface area contributed by atoms with Crippen LogP contribution in [0, 0.1) is 0 Å². The zero-order chi connectivity index (χ0) is 17.9. The lowest BCUT2D eigenvalue weighted by molar-refractivity contribution is -0.150. The van der Waals surface area contributed by atoms with Gasteiger partial charge in [-0.15, -0.1) is 11.8 Å². The predicted molar refractivity (Wildman–Crippen MR) is 98.9 cm³/mol. The maximum Gasteiger partial charge on any atom is 0.332 e. The fraction of sp³-hybridized carbons (Fsp3) is 0.300. The molecule has 0 fully saturated rings. The second-order valence-electron chi connectivity index (χ2n) is 6.08. The molecule has 25 heavy (non-hydrogen) atoms. The molecule has 2 aromatic carbocycles. The zero-order valence-corrected chi connectivity index (χ0v) is 15.2. The molecule has 0 atom stereocenters. The van der Waals surface area contributed by atoms with Gasteiger partial charge in [-0.25, -0.2) is 4.79 Å². The van der Waals surface area contributed by atoms with Gasteiger partial charge >= 0.3 is 5.97 Å². The molecule has 0 saturated heterocycles. The maximum atomic E-state index is 12.9. The van der Waals surface area contributed by atoms with Gasteiger partial charge in [-0.05, 0) is 36.4 Å². The second kappa shape index (κ2) is 7.31. The summed E-state index contributed by atoms with van der Waals surface area (Å²) in [4.78, 5) is 26.5. The van der Waals surface area contributed by atoms with Crippen LogP contribution in [-0.4, -0.2) is 30.3 Å². The van der Waals surface area contributed by atoms with Crippen molar-refractivity contribution in [2.24, 2.45) is 0 Å². The number of thioether (sulfide) groups is 1. The van der Waals surface area contributed by atoms with Crippen molar-refractivity contribution in [2.75, 3.05) is 12.9 Å². The summed E-state index contributed by atoms with van der Waals surface area (Å²) in [6.07, 6.45) is 2.84. The Hall–Kier alpha value is -2.27. The summed E-state index contributed by atoms with van der Waals surface area (Å²) < 4.78 is 5.29. The Bertz CT molecular complexity index is 778. The normalized spacial score (nSPS) is 14.6. The van der Waals surface area contributed by atoms with Gasteiger partial charge in [-0.1, -0.05) is 36.4 Å². The van der Waals surface area contributed by atoms with E-state index in [0.717, 1.165) is 16.0 Å². The Morgan fingerprint density at radius 1 is 1.08 bits per heavy atom. The largest absolute Gasteiger partial charge is 0.464 e. The van der Waals surface area contributed by atoms with Gasteiger partial charge in [0, 0.05) is 17.7 Å². The molecule has 1 N–H and O–H groups in total. The number of hydrogen-bond donors (Lipinski definition) is 1.